The summed E-state index contributed by atoms with van der Waals surface area (Å²) in [6.07, 6.45) is 2.12. The Morgan fingerprint density at radius 1 is 1.39 bits per heavy atom. The summed E-state index contributed by atoms with van der Waals surface area (Å²) in [6, 6.07) is 5.48. The molecule has 6 heteroatoms. The third-order valence-electron chi connectivity index (χ3n) is 2.38. The minimum Gasteiger partial charge on any atom is -0.302 e. The van der Waals surface area contributed by atoms with Crippen LogP contribution in [0.25, 0.3) is 10.2 Å². The Morgan fingerprint density at radius 3 is 3.00 bits per heavy atom. The average molecular weight is 303 g/mol. The van der Waals surface area contributed by atoms with E-state index < -0.39 is 0 Å². The molecule has 1 amide bonds. The van der Waals surface area contributed by atoms with Gasteiger partial charge >= 0.3 is 0 Å². The molecule has 3 nitrogen and oxygen atoms in total. The lowest BCUT2D eigenvalue weighted by molar-refractivity contribution is -0.116. The van der Waals surface area contributed by atoms with E-state index in [1.165, 1.54) is 11.3 Å². The first-order chi connectivity index (χ1) is 8.69. The van der Waals surface area contributed by atoms with Crippen LogP contribution in [0.5, 0.6) is 0 Å². The van der Waals surface area contributed by atoms with Gasteiger partial charge in [0.2, 0.25) is 5.91 Å². The van der Waals surface area contributed by atoms with Crippen molar-refractivity contribution in [3.8, 4) is 0 Å². The van der Waals surface area contributed by atoms with Crippen molar-refractivity contribution >= 4 is 55.8 Å². The molecule has 0 atom stereocenters. The summed E-state index contributed by atoms with van der Waals surface area (Å²) >= 11 is 12.9. The van der Waals surface area contributed by atoms with Gasteiger partial charge in [-0.3, -0.25) is 4.79 Å². The zero-order valence-electron chi connectivity index (χ0n) is 9.58. The van der Waals surface area contributed by atoms with Crippen LogP contribution in [0.4, 0.5) is 5.13 Å². The monoisotopic (exact) mass is 302 g/mol. The summed E-state index contributed by atoms with van der Waals surface area (Å²) in [5.74, 6) is 0.567. The van der Waals surface area contributed by atoms with Gasteiger partial charge in [-0.15, -0.1) is 11.6 Å². The van der Waals surface area contributed by atoms with Gasteiger partial charge < -0.3 is 5.32 Å². The maximum absolute atomic E-state index is 11.6. The molecule has 0 aliphatic heterocycles. The summed E-state index contributed by atoms with van der Waals surface area (Å²) < 4.78 is 0.971. The molecule has 0 saturated heterocycles. The highest BCUT2D eigenvalue weighted by Crippen LogP contribution is 2.28. The summed E-state index contributed by atoms with van der Waals surface area (Å²) in [5, 5.41) is 4.08. The first-order valence-electron chi connectivity index (χ1n) is 5.61. The number of nitrogens with zero attached hydrogens (tertiary/aromatic N) is 1. The summed E-state index contributed by atoms with van der Waals surface area (Å²) in [7, 11) is 0. The second-order valence-corrected chi connectivity index (χ2v) is 5.67. The number of hydrogen-bond acceptors (Lipinski definition) is 3. The van der Waals surface area contributed by atoms with E-state index in [1.54, 1.807) is 6.07 Å². The van der Waals surface area contributed by atoms with Crippen molar-refractivity contribution in [2.24, 2.45) is 0 Å². The Labute approximate surface area is 119 Å². The zero-order valence-corrected chi connectivity index (χ0v) is 11.9. The maximum atomic E-state index is 11.6. The van der Waals surface area contributed by atoms with Gasteiger partial charge in [0.25, 0.3) is 0 Å². The van der Waals surface area contributed by atoms with E-state index >= 15 is 0 Å². The zero-order chi connectivity index (χ0) is 13.0. The summed E-state index contributed by atoms with van der Waals surface area (Å²) in [5.41, 5.74) is 0.848. The number of hydrogen-bond donors (Lipinski definition) is 1. The number of rotatable bonds is 5. The van der Waals surface area contributed by atoms with E-state index in [-0.39, 0.29) is 5.91 Å². The van der Waals surface area contributed by atoms with Crippen LogP contribution in [0.15, 0.2) is 18.2 Å². The molecular formula is C12H12Cl2N2OS. The normalized spacial score (nSPS) is 10.8. The molecular weight excluding hydrogens is 291 g/mol. The highest BCUT2D eigenvalue weighted by atomic mass is 35.5. The van der Waals surface area contributed by atoms with E-state index in [9.17, 15) is 4.79 Å². The lowest BCUT2D eigenvalue weighted by Gasteiger charge is -1.99. The largest absolute Gasteiger partial charge is 0.302 e. The second kappa shape index (κ2) is 6.36. The number of unbranched alkanes of at least 4 members (excludes halogenated alkanes) is 1. The highest BCUT2D eigenvalue weighted by molar-refractivity contribution is 7.22. The van der Waals surface area contributed by atoms with Crippen LogP contribution in [-0.2, 0) is 4.79 Å². The molecule has 1 heterocycles. The quantitative estimate of drug-likeness (QED) is 0.661. The molecule has 0 unspecified atom stereocenters. The van der Waals surface area contributed by atoms with Crippen molar-refractivity contribution in [2.75, 3.05) is 11.2 Å². The van der Waals surface area contributed by atoms with Crippen LogP contribution in [0, 0.1) is 0 Å². The van der Waals surface area contributed by atoms with Gasteiger partial charge in [-0.2, -0.15) is 0 Å². The number of fused-ring (bicyclic) bond motifs is 1. The summed E-state index contributed by atoms with van der Waals surface area (Å²) in [4.78, 5) is 15.9. The smallest absolute Gasteiger partial charge is 0.226 e. The SMILES string of the molecule is O=C(CCCCCl)Nc1nc2ccc(Cl)cc2s1. The fraction of sp³-hybridized carbons (Fsp3) is 0.333. The fourth-order valence-corrected chi connectivity index (χ4v) is 2.86. The van der Waals surface area contributed by atoms with Crippen molar-refractivity contribution in [1.82, 2.24) is 4.98 Å². The maximum Gasteiger partial charge on any atom is 0.226 e. The predicted molar refractivity (Wildman–Crippen MR) is 77.8 cm³/mol. The van der Waals surface area contributed by atoms with Gasteiger partial charge in [0.15, 0.2) is 5.13 Å². The van der Waals surface area contributed by atoms with Gasteiger partial charge in [0.05, 0.1) is 10.2 Å². The van der Waals surface area contributed by atoms with Crippen LogP contribution in [0.2, 0.25) is 5.02 Å². The Bertz CT molecular complexity index is 556. The fourth-order valence-electron chi connectivity index (χ4n) is 1.51. The molecule has 1 N–H and O–H groups in total. The molecule has 0 saturated carbocycles. The number of benzene rings is 1. The third-order valence-corrected chi connectivity index (χ3v) is 3.82. The minimum absolute atomic E-state index is 0.0229. The summed E-state index contributed by atoms with van der Waals surface area (Å²) in [6.45, 7) is 0. The Balaban J connectivity index is 2.01. The number of amides is 1. The highest BCUT2D eigenvalue weighted by Gasteiger charge is 2.07. The van der Waals surface area contributed by atoms with Gasteiger partial charge in [-0.1, -0.05) is 22.9 Å². The number of anilines is 1. The Kier molecular flexibility index (Phi) is 4.80. The molecule has 0 fully saturated rings. The topological polar surface area (TPSA) is 42.0 Å². The molecule has 0 aliphatic carbocycles. The Hall–Kier alpha value is -0.840. The molecule has 0 aliphatic rings. The van der Waals surface area contributed by atoms with E-state index in [0.717, 1.165) is 23.1 Å². The Morgan fingerprint density at radius 2 is 2.22 bits per heavy atom. The van der Waals surface area contributed by atoms with Crippen LogP contribution >= 0.6 is 34.5 Å². The number of carbonyl (C=O) groups is 1. The standard InChI is InChI=1S/C12H12Cl2N2OS/c13-6-2-1-3-11(17)16-12-15-9-5-4-8(14)7-10(9)18-12/h4-5,7H,1-3,6H2,(H,15,16,17). The minimum atomic E-state index is -0.0229. The van der Waals surface area contributed by atoms with E-state index in [0.29, 0.717) is 22.5 Å². The lowest BCUT2D eigenvalue weighted by Crippen LogP contribution is -2.10. The second-order valence-electron chi connectivity index (χ2n) is 3.83. The third kappa shape index (κ3) is 3.57. The van der Waals surface area contributed by atoms with Crippen molar-refractivity contribution < 1.29 is 4.79 Å². The molecule has 0 radical (unpaired) electrons. The van der Waals surface area contributed by atoms with Crippen molar-refractivity contribution in [1.29, 1.82) is 0 Å². The number of carbonyl (C=O) groups excluding carboxylic acids is 1. The lowest BCUT2D eigenvalue weighted by atomic mass is 10.2. The molecule has 1 aromatic carbocycles. The predicted octanol–water partition coefficient (Wildman–Crippen LogP) is 4.30. The average Bonchev–Trinajstić information content (AvgIpc) is 2.70. The van der Waals surface area contributed by atoms with Crippen LogP contribution in [-0.4, -0.2) is 16.8 Å². The molecule has 18 heavy (non-hydrogen) atoms. The number of aromatic nitrogens is 1. The molecule has 0 bridgehead atoms. The number of halogens is 2. The number of thiazole rings is 1. The van der Waals surface area contributed by atoms with Crippen molar-refractivity contribution in [3.63, 3.8) is 0 Å². The van der Waals surface area contributed by atoms with Crippen LogP contribution < -0.4 is 5.32 Å². The van der Waals surface area contributed by atoms with Gasteiger partial charge in [-0.05, 0) is 31.0 Å². The van der Waals surface area contributed by atoms with Gasteiger partial charge in [-0.25, -0.2) is 4.98 Å². The number of nitrogens with one attached hydrogen (secondary N) is 1. The first kappa shape index (κ1) is 13.6. The van der Waals surface area contributed by atoms with E-state index in [1.807, 2.05) is 12.1 Å². The van der Waals surface area contributed by atoms with E-state index in [4.69, 9.17) is 23.2 Å². The number of alkyl halides is 1. The van der Waals surface area contributed by atoms with Crippen molar-refractivity contribution in [2.45, 2.75) is 19.3 Å². The molecule has 2 rings (SSSR count). The molecule has 2 aromatic rings. The van der Waals surface area contributed by atoms with Crippen LogP contribution in [0.3, 0.4) is 0 Å². The van der Waals surface area contributed by atoms with Crippen molar-refractivity contribution in [3.05, 3.63) is 23.2 Å². The van der Waals surface area contributed by atoms with Gasteiger partial charge in [0, 0.05) is 17.3 Å². The molecule has 1 aromatic heterocycles. The van der Waals surface area contributed by atoms with E-state index in [2.05, 4.69) is 10.3 Å². The first-order valence-corrected chi connectivity index (χ1v) is 7.34. The molecule has 0 spiro atoms. The van der Waals surface area contributed by atoms with Crippen LogP contribution in [0.1, 0.15) is 19.3 Å². The van der Waals surface area contributed by atoms with Gasteiger partial charge in [0.1, 0.15) is 0 Å². The molecule has 96 valence electrons.